The third-order valence-electron chi connectivity index (χ3n) is 3.12. The Morgan fingerprint density at radius 3 is 2.32 bits per heavy atom. The van der Waals surface area contributed by atoms with Crippen LogP contribution in [0, 0.1) is 6.92 Å². The van der Waals surface area contributed by atoms with Crippen LogP contribution < -0.4 is 5.32 Å². The molecule has 0 fully saturated rings. The van der Waals surface area contributed by atoms with E-state index in [1.165, 1.54) is 14.0 Å². The number of carbonyl (C=O) groups excluding carboxylic acids is 3. The Labute approximate surface area is 131 Å². The summed E-state index contributed by atoms with van der Waals surface area (Å²) < 4.78 is 4.74. The minimum Gasteiger partial charge on any atom is -0.465 e. The zero-order valence-electron chi connectivity index (χ0n) is 12.4. The van der Waals surface area contributed by atoms with Gasteiger partial charge in [-0.2, -0.15) is 0 Å². The van der Waals surface area contributed by atoms with Crippen molar-refractivity contribution < 1.29 is 19.1 Å². The molecule has 1 aromatic heterocycles. The summed E-state index contributed by atoms with van der Waals surface area (Å²) in [5.41, 5.74) is 1.21. The molecule has 0 unspecified atom stereocenters. The monoisotopic (exact) mass is 317 g/mol. The van der Waals surface area contributed by atoms with Crippen LogP contribution in [0.3, 0.4) is 0 Å². The van der Waals surface area contributed by atoms with E-state index in [0.717, 1.165) is 11.3 Å². The van der Waals surface area contributed by atoms with Gasteiger partial charge in [0.1, 0.15) is 5.00 Å². The molecular formula is C16H15NO4S. The predicted octanol–water partition coefficient (Wildman–Crippen LogP) is 3.30. The van der Waals surface area contributed by atoms with E-state index in [1.807, 2.05) is 0 Å². The van der Waals surface area contributed by atoms with Crippen molar-refractivity contribution in [3.05, 3.63) is 51.9 Å². The smallest absolute Gasteiger partial charge is 0.341 e. The highest BCUT2D eigenvalue weighted by atomic mass is 32.1. The minimum absolute atomic E-state index is 0.159. The molecule has 1 aromatic carbocycles. The van der Waals surface area contributed by atoms with Gasteiger partial charge in [0.15, 0.2) is 5.78 Å². The van der Waals surface area contributed by atoms with Crippen LogP contribution in [-0.4, -0.2) is 24.8 Å². The number of anilines is 1. The van der Waals surface area contributed by atoms with Crippen LogP contribution in [0.25, 0.3) is 0 Å². The van der Waals surface area contributed by atoms with Crippen molar-refractivity contribution in [3.63, 3.8) is 0 Å². The summed E-state index contributed by atoms with van der Waals surface area (Å²) in [5.74, 6) is -1.08. The first-order valence-electron chi connectivity index (χ1n) is 6.54. The Bertz CT molecular complexity index is 734. The molecule has 0 bridgehead atoms. The molecule has 0 aliphatic rings. The van der Waals surface area contributed by atoms with E-state index in [9.17, 15) is 14.4 Å². The second kappa shape index (κ2) is 6.53. The number of Topliss-reactive ketones (excluding diaryl/α,β-unsaturated/α-hetero) is 1. The number of esters is 1. The Balaban J connectivity index is 2.42. The molecule has 0 saturated heterocycles. The van der Waals surface area contributed by atoms with Gasteiger partial charge in [-0.3, -0.25) is 9.59 Å². The maximum absolute atomic E-state index is 12.2. The Morgan fingerprint density at radius 1 is 1.14 bits per heavy atom. The van der Waals surface area contributed by atoms with E-state index in [1.54, 1.807) is 37.3 Å². The molecule has 1 N–H and O–H groups in total. The lowest BCUT2D eigenvalue weighted by Gasteiger charge is -2.06. The normalized spacial score (nSPS) is 10.1. The number of carbonyl (C=O) groups is 3. The maximum Gasteiger partial charge on any atom is 0.341 e. The van der Waals surface area contributed by atoms with Gasteiger partial charge in [0.05, 0.1) is 17.6 Å². The van der Waals surface area contributed by atoms with Gasteiger partial charge >= 0.3 is 5.97 Å². The molecule has 0 radical (unpaired) electrons. The Kier molecular flexibility index (Phi) is 4.72. The maximum atomic E-state index is 12.2. The molecule has 0 aliphatic heterocycles. The number of hydrogen-bond donors (Lipinski definition) is 1. The molecular weight excluding hydrogens is 302 g/mol. The number of thiophene rings is 1. The summed E-state index contributed by atoms with van der Waals surface area (Å²) in [6, 6.07) is 8.63. The average Bonchev–Trinajstić information content (AvgIpc) is 2.84. The van der Waals surface area contributed by atoms with Gasteiger partial charge in [-0.15, -0.1) is 11.3 Å². The van der Waals surface area contributed by atoms with Gasteiger partial charge in [-0.05, 0) is 31.5 Å². The number of benzene rings is 1. The van der Waals surface area contributed by atoms with Crippen LogP contribution in [0.15, 0.2) is 30.3 Å². The topological polar surface area (TPSA) is 72.5 Å². The van der Waals surface area contributed by atoms with Gasteiger partial charge in [-0.25, -0.2) is 4.79 Å². The van der Waals surface area contributed by atoms with Crippen molar-refractivity contribution >= 4 is 34.0 Å². The van der Waals surface area contributed by atoms with Gasteiger partial charge in [-0.1, -0.05) is 18.2 Å². The van der Waals surface area contributed by atoms with Gasteiger partial charge < -0.3 is 10.1 Å². The third-order valence-corrected chi connectivity index (χ3v) is 4.43. The minimum atomic E-state index is -0.579. The second-order valence-corrected chi connectivity index (χ2v) is 5.65. The van der Waals surface area contributed by atoms with Crippen molar-refractivity contribution in [2.24, 2.45) is 0 Å². The number of ether oxygens (including phenoxy) is 1. The molecule has 2 rings (SSSR count). The summed E-state index contributed by atoms with van der Waals surface area (Å²) in [7, 11) is 1.26. The summed E-state index contributed by atoms with van der Waals surface area (Å²) >= 11 is 1.08. The molecule has 5 nitrogen and oxygen atoms in total. The number of rotatable bonds is 4. The Hall–Kier alpha value is -2.47. The van der Waals surface area contributed by atoms with Crippen LogP contribution in [0.2, 0.25) is 0 Å². The third kappa shape index (κ3) is 3.07. The standard InChI is InChI=1S/C16H15NO4S/c1-9-12(16(20)21-3)15(22-13(9)10(2)18)17-14(19)11-7-5-4-6-8-11/h4-8H,1-3H3,(H,17,19). The molecule has 6 heteroatoms. The van der Waals surface area contributed by atoms with Crippen molar-refractivity contribution in [2.75, 3.05) is 12.4 Å². The molecule has 22 heavy (non-hydrogen) atoms. The summed E-state index contributed by atoms with van der Waals surface area (Å²) in [5, 5.41) is 3.01. The molecule has 0 aliphatic carbocycles. The van der Waals surface area contributed by atoms with E-state index in [4.69, 9.17) is 4.74 Å². The van der Waals surface area contributed by atoms with E-state index in [0.29, 0.717) is 21.0 Å². The molecule has 1 heterocycles. The summed E-state index contributed by atoms with van der Waals surface area (Å²) in [6.45, 7) is 3.08. The van der Waals surface area contributed by atoms with E-state index < -0.39 is 5.97 Å². The highest BCUT2D eigenvalue weighted by Gasteiger charge is 2.25. The van der Waals surface area contributed by atoms with Gasteiger partial charge in [0, 0.05) is 5.56 Å². The number of nitrogens with one attached hydrogen (secondary N) is 1. The van der Waals surface area contributed by atoms with E-state index in [2.05, 4.69) is 5.32 Å². The van der Waals surface area contributed by atoms with Gasteiger partial charge in [0.25, 0.3) is 5.91 Å². The van der Waals surface area contributed by atoms with Crippen LogP contribution in [0.4, 0.5) is 5.00 Å². The largest absolute Gasteiger partial charge is 0.465 e. The Morgan fingerprint density at radius 2 is 1.77 bits per heavy atom. The number of hydrogen-bond acceptors (Lipinski definition) is 5. The molecule has 114 valence electrons. The van der Waals surface area contributed by atoms with Gasteiger partial charge in [0.2, 0.25) is 0 Å². The molecule has 0 spiro atoms. The number of methoxy groups -OCH3 is 1. The van der Waals surface area contributed by atoms with Crippen LogP contribution in [-0.2, 0) is 4.74 Å². The molecule has 2 aromatic rings. The van der Waals surface area contributed by atoms with Crippen molar-refractivity contribution in [2.45, 2.75) is 13.8 Å². The van der Waals surface area contributed by atoms with Crippen LogP contribution in [0.1, 0.15) is 42.9 Å². The quantitative estimate of drug-likeness (QED) is 0.693. The first-order valence-corrected chi connectivity index (χ1v) is 7.36. The SMILES string of the molecule is COC(=O)c1c(NC(=O)c2ccccc2)sc(C(C)=O)c1C. The van der Waals surface area contributed by atoms with E-state index >= 15 is 0 Å². The van der Waals surface area contributed by atoms with Crippen molar-refractivity contribution in [1.82, 2.24) is 0 Å². The molecule has 1 amide bonds. The zero-order valence-corrected chi connectivity index (χ0v) is 13.2. The first-order chi connectivity index (χ1) is 10.5. The van der Waals surface area contributed by atoms with Crippen LogP contribution in [0.5, 0.6) is 0 Å². The summed E-state index contributed by atoms with van der Waals surface area (Å²) in [4.78, 5) is 36.2. The van der Waals surface area contributed by atoms with E-state index in [-0.39, 0.29) is 17.3 Å². The predicted molar refractivity (Wildman–Crippen MR) is 84.8 cm³/mol. The van der Waals surface area contributed by atoms with Crippen molar-refractivity contribution in [1.29, 1.82) is 0 Å². The molecule has 0 atom stereocenters. The zero-order chi connectivity index (χ0) is 16.3. The second-order valence-electron chi connectivity index (χ2n) is 4.63. The van der Waals surface area contributed by atoms with Crippen LogP contribution >= 0.6 is 11.3 Å². The first kappa shape index (κ1) is 15.9. The highest BCUT2D eigenvalue weighted by Crippen LogP contribution is 2.34. The number of amides is 1. The van der Waals surface area contributed by atoms with Crippen molar-refractivity contribution in [3.8, 4) is 0 Å². The molecule has 0 saturated carbocycles. The summed E-state index contributed by atoms with van der Waals surface area (Å²) in [6.07, 6.45) is 0. The lowest BCUT2D eigenvalue weighted by molar-refractivity contribution is 0.0601. The number of ketones is 1. The lowest BCUT2D eigenvalue weighted by Crippen LogP contribution is -2.14. The highest BCUT2D eigenvalue weighted by molar-refractivity contribution is 7.18. The fraction of sp³-hybridized carbons (Fsp3) is 0.188. The fourth-order valence-electron chi connectivity index (χ4n) is 2.05. The fourth-order valence-corrected chi connectivity index (χ4v) is 3.14. The lowest BCUT2D eigenvalue weighted by atomic mass is 10.1. The average molecular weight is 317 g/mol.